The zero-order chi connectivity index (χ0) is 31.5. The molecule has 0 radical (unpaired) electrons. The first-order chi connectivity index (χ1) is 20.9. The van der Waals surface area contributed by atoms with Crippen molar-refractivity contribution in [3.05, 3.63) is 53.2 Å². The lowest BCUT2D eigenvalue weighted by Gasteiger charge is -2.36. The van der Waals surface area contributed by atoms with Gasteiger partial charge in [0.25, 0.3) is 0 Å². The summed E-state index contributed by atoms with van der Waals surface area (Å²) in [5.74, 6) is 1.66. The molecule has 11 nitrogen and oxygen atoms in total. The monoisotopic (exact) mass is 636 g/mol. The first-order valence-corrected chi connectivity index (χ1v) is 18.4. The molecule has 1 aliphatic rings. The van der Waals surface area contributed by atoms with Gasteiger partial charge < -0.3 is 28.8 Å². The number of carboxylic acid groups (broad SMARTS) is 1. The maximum Gasteiger partial charge on any atom is 0.338 e. The number of rotatable bonds is 11. The Kier molecular flexibility index (Phi) is 9.49. The van der Waals surface area contributed by atoms with E-state index in [-0.39, 0.29) is 10.6 Å². The summed E-state index contributed by atoms with van der Waals surface area (Å²) < 4.78 is 19.0. The summed E-state index contributed by atoms with van der Waals surface area (Å²) in [7, 11) is 0.0440. The number of hydrogen-bond acceptors (Lipinski definition) is 11. The topological polar surface area (TPSA) is 123 Å². The third-order valence-corrected chi connectivity index (χ3v) is 13.7. The van der Waals surface area contributed by atoms with Crippen molar-refractivity contribution in [2.24, 2.45) is 0 Å². The quantitative estimate of drug-likeness (QED) is 0.161. The summed E-state index contributed by atoms with van der Waals surface area (Å²) in [4.78, 5) is 34.9. The van der Waals surface area contributed by atoms with Gasteiger partial charge in [-0.15, -0.1) is 11.3 Å². The molecule has 5 rings (SSSR count). The molecule has 1 saturated heterocycles. The van der Waals surface area contributed by atoms with Crippen LogP contribution in [0.4, 0.5) is 11.8 Å². The van der Waals surface area contributed by atoms with E-state index in [0.29, 0.717) is 44.7 Å². The standard InChI is InChI=1S/C31H40N6O5SSi/c1-31(2,3)44(5,6)42-15-14-41-23-9-7-8-21(16-23)27-34-25-17-24(20-36(4)30-32-18-22(19-33-30)29(38)39)43-26(25)28(35-27)37-10-12-40-13-11-37/h7-9,16-19H,10-15,20H2,1-6H3,(H,38,39). The molecule has 0 amide bonds. The van der Waals surface area contributed by atoms with E-state index in [0.717, 1.165) is 45.3 Å². The number of carboxylic acids is 1. The van der Waals surface area contributed by atoms with E-state index in [4.69, 9.17) is 29.0 Å². The summed E-state index contributed by atoms with van der Waals surface area (Å²) in [6, 6.07) is 9.97. The van der Waals surface area contributed by atoms with E-state index < -0.39 is 14.3 Å². The fourth-order valence-corrected chi connectivity index (χ4v) is 6.68. The molecule has 0 bridgehead atoms. The number of ether oxygens (including phenoxy) is 2. The summed E-state index contributed by atoms with van der Waals surface area (Å²) in [5.41, 5.74) is 1.79. The average Bonchev–Trinajstić information content (AvgIpc) is 3.41. The van der Waals surface area contributed by atoms with Gasteiger partial charge in [-0.1, -0.05) is 32.9 Å². The van der Waals surface area contributed by atoms with Gasteiger partial charge >= 0.3 is 5.97 Å². The number of anilines is 2. The third kappa shape index (κ3) is 7.34. The highest BCUT2D eigenvalue weighted by molar-refractivity contribution is 7.19. The smallest absolute Gasteiger partial charge is 0.338 e. The van der Waals surface area contributed by atoms with Crippen LogP contribution in [0.1, 0.15) is 36.0 Å². The molecular formula is C31H40N6O5SSi. The number of nitrogens with zero attached hydrogens (tertiary/aromatic N) is 6. The van der Waals surface area contributed by atoms with Crippen LogP contribution in [0.15, 0.2) is 42.7 Å². The number of benzene rings is 1. The molecule has 0 spiro atoms. The maximum absolute atomic E-state index is 11.2. The van der Waals surface area contributed by atoms with E-state index >= 15 is 0 Å². The van der Waals surface area contributed by atoms with Gasteiger partial charge in [-0.3, -0.25) is 0 Å². The Morgan fingerprint density at radius 2 is 1.84 bits per heavy atom. The van der Waals surface area contributed by atoms with Gasteiger partial charge in [-0.25, -0.2) is 24.7 Å². The minimum absolute atomic E-state index is 0.0518. The van der Waals surface area contributed by atoms with Gasteiger partial charge in [-0.2, -0.15) is 0 Å². The number of aromatic nitrogens is 4. The van der Waals surface area contributed by atoms with Gasteiger partial charge in [-0.05, 0) is 36.3 Å². The molecule has 44 heavy (non-hydrogen) atoms. The zero-order valence-electron chi connectivity index (χ0n) is 26.2. The molecule has 3 aromatic heterocycles. The molecule has 234 valence electrons. The van der Waals surface area contributed by atoms with Gasteiger partial charge in [0, 0.05) is 43.0 Å². The fraction of sp³-hybridized carbons (Fsp3) is 0.452. The molecule has 0 unspecified atom stereocenters. The summed E-state index contributed by atoms with van der Waals surface area (Å²) in [6.07, 6.45) is 2.64. The average molecular weight is 637 g/mol. The Balaban J connectivity index is 1.38. The van der Waals surface area contributed by atoms with E-state index in [2.05, 4.69) is 54.8 Å². The Hall–Kier alpha value is -3.65. The lowest BCUT2D eigenvalue weighted by molar-refractivity contribution is 0.0696. The molecule has 1 aromatic carbocycles. The number of hydrogen-bond donors (Lipinski definition) is 1. The molecule has 1 N–H and O–H groups in total. The highest BCUT2D eigenvalue weighted by Crippen LogP contribution is 2.37. The van der Waals surface area contributed by atoms with E-state index in [1.165, 1.54) is 12.4 Å². The minimum Gasteiger partial charge on any atom is -0.491 e. The Morgan fingerprint density at radius 3 is 2.52 bits per heavy atom. The molecule has 13 heteroatoms. The fourth-order valence-electron chi connectivity index (χ4n) is 4.49. The Labute approximate surface area is 263 Å². The van der Waals surface area contributed by atoms with Crippen LogP contribution in [-0.2, 0) is 15.7 Å². The Morgan fingerprint density at radius 1 is 1.11 bits per heavy atom. The molecule has 4 aromatic rings. The molecule has 1 aliphatic heterocycles. The van der Waals surface area contributed by atoms with E-state index in [9.17, 15) is 4.79 Å². The first kappa shape index (κ1) is 31.8. The predicted octanol–water partition coefficient (Wildman–Crippen LogP) is 5.72. The van der Waals surface area contributed by atoms with Crippen molar-refractivity contribution in [3.8, 4) is 17.1 Å². The summed E-state index contributed by atoms with van der Waals surface area (Å²) in [6.45, 7) is 15.5. The number of thiophene rings is 1. The van der Waals surface area contributed by atoms with Crippen LogP contribution in [-0.4, -0.2) is 85.9 Å². The first-order valence-electron chi connectivity index (χ1n) is 14.7. The van der Waals surface area contributed by atoms with Crippen LogP contribution in [0.3, 0.4) is 0 Å². The highest BCUT2D eigenvalue weighted by Gasteiger charge is 2.37. The van der Waals surface area contributed by atoms with Crippen LogP contribution < -0.4 is 14.5 Å². The highest BCUT2D eigenvalue weighted by atomic mass is 32.1. The summed E-state index contributed by atoms with van der Waals surface area (Å²) in [5, 5.41) is 9.31. The summed E-state index contributed by atoms with van der Waals surface area (Å²) >= 11 is 1.64. The second-order valence-electron chi connectivity index (χ2n) is 12.3. The van der Waals surface area contributed by atoms with Crippen molar-refractivity contribution in [1.82, 2.24) is 19.9 Å². The zero-order valence-corrected chi connectivity index (χ0v) is 28.0. The number of fused-ring (bicyclic) bond motifs is 1. The van der Waals surface area contributed by atoms with E-state index in [1.54, 1.807) is 11.3 Å². The van der Waals surface area contributed by atoms with Crippen molar-refractivity contribution >= 4 is 47.6 Å². The molecule has 0 atom stereocenters. The number of morpholine rings is 1. The molecular weight excluding hydrogens is 597 g/mol. The number of aromatic carboxylic acids is 1. The van der Waals surface area contributed by atoms with Crippen molar-refractivity contribution < 1.29 is 23.8 Å². The molecule has 0 saturated carbocycles. The van der Waals surface area contributed by atoms with Gasteiger partial charge in [0.1, 0.15) is 12.4 Å². The minimum atomic E-state index is -1.83. The lowest BCUT2D eigenvalue weighted by Crippen LogP contribution is -2.41. The largest absolute Gasteiger partial charge is 0.491 e. The Bertz CT molecular complexity index is 1600. The number of carbonyl (C=O) groups is 1. The van der Waals surface area contributed by atoms with Gasteiger partial charge in [0.15, 0.2) is 20.0 Å². The van der Waals surface area contributed by atoms with Crippen LogP contribution in [0.5, 0.6) is 5.75 Å². The normalized spacial score (nSPS) is 14.2. The third-order valence-electron chi connectivity index (χ3n) is 8.05. The van der Waals surface area contributed by atoms with Crippen LogP contribution in [0.2, 0.25) is 18.1 Å². The van der Waals surface area contributed by atoms with Crippen molar-refractivity contribution in [3.63, 3.8) is 0 Å². The van der Waals surface area contributed by atoms with Crippen LogP contribution >= 0.6 is 11.3 Å². The molecule has 0 aliphatic carbocycles. The van der Waals surface area contributed by atoms with E-state index in [1.807, 2.05) is 36.2 Å². The van der Waals surface area contributed by atoms with Gasteiger partial charge in [0.2, 0.25) is 5.95 Å². The maximum atomic E-state index is 11.2. The molecule has 4 heterocycles. The van der Waals surface area contributed by atoms with Crippen molar-refractivity contribution in [2.45, 2.75) is 45.4 Å². The second kappa shape index (κ2) is 13.1. The van der Waals surface area contributed by atoms with Gasteiger partial charge in [0.05, 0.1) is 42.1 Å². The SMILES string of the molecule is CN(Cc1cc2nc(-c3cccc(OCCO[Si](C)(C)C(C)(C)C)c3)nc(N3CCOCC3)c2s1)c1ncc(C(=O)O)cn1. The van der Waals surface area contributed by atoms with Crippen molar-refractivity contribution in [2.75, 3.05) is 56.4 Å². The lowest BCUT2D eigenvalue weighted by atomic mass is 10.2. The predicted molar refractivity (Wildman–Crippen MR) is 176 cm³/mol. The van der Waals surface area contributed by atoms with Crippen LogP contribution in [0, 0.1) is 0 Å². The van der Waals surface area contributed by atoms with Crippen LogP contribution in [0.25, 0.3) is 21.6 Å². The van der Waals surface area contributed by atoms with Crippen molar-refractivity contribution in [1.29, 1.82) is 0 Å². The second-order valence-corrected chi connectivity index (χ2v) is 18.3. The molecule has 1 fully saturated rings.